The normalized spacial score (nSPS) is 19.6. The molecule has 0 saturated carbocycles. The maximum atomic E-state index is 13.5. The average Bonchev–Trinajstić information content (AvgIpc) is 3.58. The Bertz CT molecular complexity index is 760. The second-order valence-corrected chi connectivity index (χ2v) is 10.9. The first-order valence-corrected chi connectivity index (χ1v) is 15.1. The lowest BCUT2D eigenvalue weighted by Crippen LogP contribution is -2.52. The van der Waals surface area contributed by atoms with Crippen molar-refractivity contribution < 1.29 is 9.59 Å². The van der Waals surface area contributed by atoms with Gasteiger partial charge in [0.25, 0.3) is 0 Å². The fraction of sp³-hybridized carbons (Fsp3) is 0.742. The molecular weight excluding hydrogens is 482 g/mol. The van der Waals surface area contributed by atoms with Crippen LogP contribution in [0.1, 0.15) is 109 Å². The number of likely N-dealkylation sites (tertiary alicyclic amines) is 2. The summed E-state index contributed by atoms with van der Waals surface area (Å²) in [5.74, 6) is 0.245. The minimum Gasteiger partial charge on any atom is -0.354 e. The maximum Gasteiger partial charge on any atom is 0.242 e. The summed E-state index contributed by atoms with van der Waals surface area (Å²) < 4.78 is 0. The zero-order valence-corrected chi connectivity index (χ0v) is 24.1. The molecule has 1 N–H and O–H groups in total. The number of hydrogen-bond acceptors (Lipinski definition) is 3. The van der Waals surface area contributed by atoms with Crippen LogP contribution in [0.4, 0.5) is 0 Å². The monoisotopic (exact) mass is 533 g/mol. The van der Waals surface area contributed by atoms with E-state index >= 15 is 0 Å². The van der Waals surface area contributed by atoms with E-state index in [9.17, 15) is 9.59 Å². The number of aryl methyl sites for hydroxylation is 1. The van der Waals surface area contributed by atoms with Crippen LogP contribution in [0.3, 0.4) is 0 Å². The number of nitrogens with one attached hydrogen (secondary N) is 1. The number of rotatable bonds is 17. The molecule has 5 nitrogen and oxygen atoms in total. The Hall–Kier alpha value is -1.59. The zero-order chi connectivity index (χ0) is 25.4. The summed E-state index contributed by atoms with van der Waals surface area (Å²) in [6.07, 6.45) is 18.8. The van der Waals surface area contributed by atoms with E-state index < -0.39 is 0 Å². The Morgan fingerprint density at radius 2 is 1.43 bits per heavy atom. The van der Waals surface area contributed by atoms with Gasteiger partial charge in [0.2, 0.25) is 11.8 Å². The largest absolute Gasteiger partial charge is 0.354 e. The van der Waals surface area contributed by atoms with Crippen molar-refractivity contribution >= 4 is 24.2 Å². The summed E-state index contributed by atoms with van der Waals surface area (Å²) in [5.41, 5.74) is 1.36. The van der Waals surface area contributed by atoms with Crippen LogP contribution in [-0.4, -0.2) is 59.9 Å². The van der Waals surface area contributed by atoms with Gasteiger partial charge in [-0.2, -0.15) is 0 Å². The van der Waals surface area contributed by atoms with Gasteiger partial charge in [-0.3, -0.25) is 14.5 Å². The number of carbonyl (C=O) groups is 2. The smallest absolute Gasteiger partial charge is 0.242 e. The van der Waals surface area contributed by atoms with Crippen LogP contribution in [0.5, 0.6) is 0 Å². The van der Waals surface area contributed by atoms with E-state index in [1.807, 2.05) is 4.90 Å². The molecule has 1 aromatic carbocycles. The third-order valence-corrected chi connectivity index (χ3v) is 8.07. The second kappa shape index (κ2) is 18.6. The molecule has 0 aromatic heterocycles. The first kappa shape index (κ1) is 31.6. The molecule has 2 saturated heterocycles. The van der Waals surface area contributed by atoms with Crippen molar-refractivity contribution in [3.8, 4) is 0 Å². The summed E-state index contributed by atoms with van der Waals surface area (Å²) in [6, 6.07) is 10.3. The van der Waals surface area contributed by atoms with Gasteiger partial charge in [-0.15, -0.1) is 12.4 Å². The molecule has 3 rings (SSSR count). The molecule has 0 aliphatic carbocycles. The van der Waals surface area contributed by atoms with Crippen molar-refractivity contribution in [1.29, 1.82) is 0 Å². The Morgan fingerprint density at radius 3 is 2.14 bits per heavy atom. The summed E-state index contributed by atoms with van der Waals surface area (Å²) in [7, 11) is 0. The van der Waals surface area contributed by atoms with Gasteiger partial charge in [0, 0.05) is 13.1 Å². The van der Waals surface area contributed by atoms with Crippen LogP contribution >= 0.6 is 12.4 Å². The Morgan fingerprint density at radius 1 is 0.811 bits per heavy atom. The van der Waals surface area contributed by atoms with Crippen molar-refractivity contribution in [2.45, 2.75) is 122 Å². The third kappa shape index (κ3) is 11.0. The molecule has 0 spiro atoms. The Balaban J connectivity index is 0.00000481. The third-order valence-electron chi connectivity index (χ3n) is 8.07. The van der Waals surface area contributed by atoms with E-state index in [0.29, 0.717) is 0 Å². The number of hydrogen-bond donors (Lipinski definition) is 1. The molecule has 2 aliphatic heterocycles. The highest BCUT2D eigenvalue weighted by Gasteiger charge is 2.40. The van der Waals surface area contributed by atoms with E-state index in [4.69, 9.17) is 0 Å². The van der Waals surface area contributed by atoms with Crippen LogP contribution in [-0.2, 0) is 16.0 Å². The number of benzene rings is 1. The molecule has 2 heterocycles. The summed E-state index contributed by atoms with van der Waals surface area (Å²) >= 11 is 0. The second-order valence-electron chi connectivity index (χ2n) is 10.9. The van der Waals surface area contributed by atoms with Crippen molar-refractivity contribution in [1.82, 2.24) is 15.1 Å². The lowest BCUT2D eigenvalue weighted by molar-refractivity contribution is -0.142. The van der Waals surface area contributed by atoms with Crippen LogP contribution in [0.2, 0.25) is 0 Å². The summed E-state index contributed by atoms with van der Waals surface area (Å²) in [6.45, 7) is 5.68. The number of nitrogens with zero attached hydrogens (tertiary/aromatic N) is 2. The standard InChI is InChI=1S/C31H51N3O2.ClH/c1-2-3-4-5-6-7-8-9-10-14-23-32-30(35)28-21-17-26-34(28)31(36)29-22-16-25-33(29)24-15-20-27-18-12-11-13-19-27;/h11-13,18-19,28-29H,2-10,14-17,20-26H2,1H3,(H,32,35);1H/t28-,29-;/m0./s1. The van der Waals surface area contributed by atoms with Gasteiger partial charge >= 0.3 is 0 Å². The maximum absolute atomic E-state index is 13.5. The molecule has 37 heavy (non-hydrogen) atoms. The molecule has 6 heteroatoms. The van der Waals surface area contributed by atoms with Crippen molar-refractivity contribution in [2.75, 3.05) is 26.2 Å². The predicted octanol–water partition coefficient (Wildman–Crippen LogP) is 6.53. The van der Waals surface area contributed by atoms with Crippen molar-refractivity contribution in [3.05, 3.63) is 35.9 Å². The molecule has 2 amide bonds. The summed E-state index contributed by atoms with van der Waals surface area (Å²) in [4.78, 5) is 30.7. The molecule has 2 fully saturated rings. The fourth-order valence-corrected chi connectivity index (χ4v) is 5.94. The minimum atomic E-state index is -0.271. The lowest BCUT2D eigenvalue weighted by atomic mass is 10.1. The summed E-state index contributed by atoms with van der Waals surface area (Å²) in [5, 5.41) is 3.14. The zero-order valence-electron chi connectivity index (χ0n) is 23.3. The van der Waals surface area contributed by atoms with Gasteiger partial charge in [-0.05, 0) is 63.6 Å². The average molecular weight is 534 g/mol. The SMILES string of the molecule is CCCCCCCCCCCCNC(=O)[C@@H]1CCCN1C(=O)[C@@H]1CCCN1CCCc1ccccc1.Cl. The van der Waals surface area contributed by atoms with Gasteiger partial charge < -0.3 is 10.2 Å². The van der Waals surface area contributed by atoms with Crippen LogP contribution in [0, 0.1) is 0 Å². The van der Waals surface area contributed by atoms with Crippen LogP contribution < -0.4 is 5.32 Å². The highest BCUT2D eigenvalue weighted by Crippen LogP contribution is 2.25. The minimum absolute atomic E-state index is 0. The first-order chi connectivity index (χ1) is 17.7. The molecule has 0 bridgehead atoms. The highest BCUT2D eigenvalue weighted by atomic mass is 35.5. The number of carbonyl (C=O) groups excluding carboxylic acids is 2. The van der Waals surface area contributed by atoms with Gasteiger partial charge in [0.05, 0.1) is 6.04 Å². The van der Waals surface area contributed by atoms with Gasteiger partial charge in [0.15, 0.2) is 0 Å². The van der Waals surface area contributed by atoms with Gasteiger partial charge in [-0.25, -0.2) is 0 Å². The molecule has 2 atom stereocenters. The van der Waals surface area contributed by atoms with E-state index in [1.54, 1.807) is 0 Å². The quantitative estimate of drug-likeness (QED) is 0.231. The lowest BCUT2D eigenvalue weighted by Gasteiger charge is -2.31. The molecular formula is C31H52ClN3O2. The molecule has 210 valence electrons. The predicted molar refractivity (Wildman–Crippen MR) is 156 cm³/mol. The topological polar surface area (TPSA) is 52.7 Å². The van der Waals surface area contributed by atoms with E-state index in [-0.39, 0.29) is 36.3 Å². The van der Waals surface area contributed by atoms with Crippen molar-refractivity contribution in [2.24, 2.45) is 0 Å². The molecule has 0 unspecified atom stereocenters. The van der Waals surface area contributed by atoms with E-state index in [0.717, 1.165) is 71.1 Å². The van der Waals surface area contributed by atoms with Crippen LogP contribution in [0.25, 0.3) is 0 Å². The molecule has 2 aliphatic rings. The van der Waals surface area contributed by atoms with Gasteiger partial charge in [-0.1, -0.05) is 95.0 Å². The highest BCUT2D eigenvalue weighted by molar-refractivity contribution is 5.90. The Kier molecular flexibility index (Phi) is 15.9. The fourth-order valence-electron chi connectivity index (χ4n) is 5.94. The van der Waals surface area contributed by atoms with Gasteiger partial charge in [0.1, 0.15) is 6.04 Å². The number of amides is 2. The van der Waals surface area contributed by atoms with Crippen molar-refractivity contribution in [3.63, 3.8) is 0 Å². The van der Waals surface area contributed by atoms with E-state index in [2.05, 4.69) is 47.5 Å². The first-order valence-electron chi connectivity index (χ1n) is 15.1. The number of halogens is 1. The van der Waals surface area contributed by atoms with E-state index in [1.165, 1.54) is 63.4 Å². The molecule has 0 radical (unpaired) electrons. The van der Waals surface area contributed by atoms with Crippen LogP contribution in [0.15, 0.2) is 30.3 Å². The molecule has 1 aromatic rings. The number of unbranched alkanes of at least 4 members (excludes halogenated alkanes) is 9. The Labute approximate surface area is 232 Å².